The maximum Gasteiger partial charge on any atom is 0.0243 e. The summed E-state index contributed by atoms with van der Waals surface area (Å²) >= 11 is 0. The van der Waals surface area contributed by atoms with Gasteiger partial charge in [0, 0.05) is 10.5 Å². The smallest absolute Gasteiger partial charge is 0.0243 e. The van der Waals surface area contributed by atoms with E-state index in [1.165, 1.54) is 43.4 Å². The van der Waals surface area contributed by atoms with Gasteiger partial charge in [-0.25, -0.2) is 0 Å². The van der Waals surface area contributed by atoms with Crippen LogP contribution in [0.3, 0.4) is 0 Å². The van der Waals surface area contributed by atoms with Crippen molar-refractivity contribution < 1.29 is 0 Å². The fourth-order valence-electron chi connectivity index (χ4n) is 1.58. The summed E-state index contributed by atoms with van der Waals surface area (Å²) in [7, 11) is 4.14. The van der Waals surface area contributed by atoms with Crippen LogP contribution in [0.2, 0.25) is 0 Å². The first-order valence-electron chi connectivity index (χ1n) is 5.07. The first-order valence-corrected chi connectivity index (χ1v) is 7.39. The molecule has 0 saturated carbocycles. The quantitative estimate of drug-likeness (QED) is 0.372. The second kappa shape index (κ2) is 5.35. The average molecular weight is 216 g/mol. The van der Waals surface area contributed by atoms with Gasteiger partial charge in [0.15, 0.2) is 0 Å². The number of hydrogen-bond acceptors (Lipinski definition) is 2. The van der Waals surface area contributed by atoms with Gasteiger partial charge in [-0.15, -0.1) is 6.58 Å². The van der Waals surface area contributed by atoms with Gasteiger partial charge in [-0.05, 0) is 39.5 Å². The highest BCUT2D eigenvalue weighted by molar-refractivity contribution is 8.77. The van der Waals surface area contributed by atoms with E-state index in [9.17, 15) is 0 Å². The van der Waals surface area contributed by atoms with Crippen molar-refractivity contribution in [1.29, 1.82) is 0 Å². The summed E-state index contributed by atoms with van der Waals surface area (Å²) in [6.07, 6.45) is 6.70. The molecule has 0 aromatic heterocycles. The molecule has 1 fully saturated rings. The van der Waals surface area contributed by atoms with Crippen LogP contribution in [0.15, 0.2) is 12.2 Å². The Hall–Kier alpha value is 0.440. The van der Waals surface area contributed by atoms with Crippen LogP contribution < -0.4 is 0 Å². The van der Waals surface area contributed by atoms with Crippen LogP contribution in [0, 0.1) is 0 Å². The predicted octanol–water partition coefficient (Wildman–Crippen LogP) is 4.67. The highest BCUT2D eigenvalue weighted by atomic mass is 33.1. The number of allylic oxidation sites excluding steroid dienone is 1. The summed E-state index contributed by atoms with van der Waals surface area (Å²) in [5.41, 5.74) is 1.33. The van der Waals surface area contributed by atoms with Gasteiger partial charge in [-0.2, -0.15) is 0 Å². The lowest BCUT2D eigenvalue weighted by Crippen LogP contribution is -2.15. The van der Waals surface area contributed by atoms with Gasteiger partial charge in [0.25, 0.3) is 0 Å². The van der Waals surface area contributed by atoms with Crippen molar-refractivity contribution in [3.8, 4) is 0 Å². The molecule has 13 heavy (non-hydrogen) atoms. The third-order valence-corrected chi connectivity index (χ3v) is 5.89. The Balaban J connectivity index is 2.07. The van der Waals surface area contributed by atoms with Crippen molar-refractivity contribution in [3.05, 3.63) is 12.2 Å². The normalized spacial score (nSPS) is 27.8. The van der Waals surface area contributed by atoms with Gasteiger partial charge in [0.2, 0.25) is 0 Å². The van der Waals surface area contributed by atoms with E-state index in [0.717, 1.165) is 0 Å². The lowest BCUT2D eigenvalue weighted by Gasteiger charge is -2.20. The second-order valence-corrected chi connectivity index (χ2v) is 7.27. The molecule has 0 N–H and O–H groups in total. The molecule has 0 spiro atoms. The molecular formula is C11H20S2. The van der Waals surface area contributed by atoms with Crippen LogP contribution in [0.4, 0.5) is 0 Å². The van der Waals surface area contributed by atoms with E-state index in [1.54, 1.807) is 0 Å². The molecule has 1 aliphatic heterocycles. The maximum atomic E-state index is 3.93. The number of unbranched alkanes of at least 4 members (excludes halogenated alkanes) is 1. The van der Waals surface area contributed by atoms with Gasteiger partial charge in [-0.3, -0.25) is 0 Å². The highest BCUT2D eigenvalue weighted by Gasteiger charge is 2.29. The van der Waals surface area contributed by atoms with E-state index in [4.69, 9.17) is 0 Å². The summed E-state index contributed by atoms with van der Waals surface area (Å²) in [6, 6.07) is 0. The summed E-state index contributed by atoms with van der Waals surface area (Å²) in [6.45, 7) is 8.47. The highest BCUT2D eigenvalue weighted by Crippen LogP contribution is 2.49. The van der Waals surface area contributed by atoms with Crippen molar-refractivity contribution in [2.24, 2.45) is 0 Å². The average Bonchev–Trinajstić information content (AvgIpc) is 2.47. The molecule has 1 saturated heterocycles. The van der Waals surface area contributed by atoms with Crippen LogP contribution in [-0.2, 0) is 0 Å². The van der Waals surface area contributed by atoms with E-state index in [0.29, 0.717) is 4.75 Å². The Morgan fingerprint density at radius 2 is 2.23 bits per heavy atom. The molecule has 2 heteroatoms. The molecule has 0 aromatic carbocycles. The molecule has 1 aliphatic rings. The van der Waals surface area contributed by atoms with Crippen LogP contribution in [-0.4, -0.2) is 10.5 Å². The minimum atomic E-state index is 0.583. The van der Waals surface area contributed by atoms with Crippen molar-refractivity contribution in [1.82, 2.24) is 0 Å². The zero-order chi connectivity index (χ0) is 9.73. The molecule has 0 aliphatic carbocycles. The molecule has 1 unspecified atom stereocenters. The molecule has 1 rings (SSSR count). The second-order valence-electron chi connectivity index (χ2n) is 4.27. The van der Waals surface area contributed by atoms with Crippen LogP contribution in [0.25, 0.3) is 0 Å². The summed E-state index contributed by atoms with van der Waals surface area (Å²) in [4.78, 5) is 0. The number of rotatable bonds is 5. The van der Waals surface area contributed by atoms with E-state index in [2.05, 4.69) is 31.2 Å². The third kappa shape index (κ3) is 4.46. The van der Waals surface area contributed by atoms with Crippen LogP contribution in [0.5, 0.6) is 0 Å². The monoisotopic (exact) mass is 216 g/mol. The Morgan fingerprint density at radius 3 is 2.77 bits per heavy atom. The standard InChI is InChI=1S/C11H20S2/c1-10(2)6-4-5-7-11(3)8-9-12-13-11/h1,4-9H2,2-3H3. The fourth-order valence-corrected chi connectivity index (χ4v) is 4.87. The van der Waals surface area contributed by atoms with Gasteiger partial charge < -0.3 is 0 Å². The van der Waals surface area contributed by atoms with E-state index >= 15 is 0 Å². The topological polar surface area (TPSA) is 0 Å². The maximum absolute atomic E-state index is 3.93. The Morgan fingerprint density at radius 1 is 1.46 bits per heavy atom. The van der Waals surface area contributed by atoms with Gasteiger partial charge in [0.05, 0.1) is 0 Å². The first kappa shape index (κ1) is 11.5. The van der Waals surface area contributed by atoms with Crippen LogP contribution in [0.1, 0.15) is 46.0 Å². The van der Waals surface area contributed by atoms with Gasteiger partial charge in [0.1, 0.15) is 0 Å². The molecule has 0 bridgehead atoms. The predicted molar refractivity (Wildman–Crippen MR) is 66.4 cm³/mol. The van der Waals surface area contributed by atoms with Crippen molar-refractivity contribution in [3.63, 3.8) is 0 Å². The van der Waals surface area contributed by atoms with Gasteiger partial charge >= 0.3 is 0 Å². The SMILES string of the molecule is C=C(C)CCCCC1(C)CCSS1. The van der Waals surface area contributed by atoms with E-state index < -0.39 is 0 Å². The zero-order valence-electron chi connectivity index (χ0n) is 8.77. The van der Waals surface area contributed by atoms with E-state index in [1.807, 2.05) is 10.8 Å². The Labute approximate surface area is 90.3 Å². The van der Waals surface area contributed by atoms with Crippen molar-refractivity contribution in [2.75, 3.05) is 5.75 Å². The molecule has 1 atom stereocenters. The van der Waals surface area contributed by atoms with E-state index in [-0.39, 0.29) is 0 Å². The molecule has 76 valence electrons. The van der Waals surface area contributed by atoms with Gasteiger partial charge in [-0.1, -0.05) is 33.6 Å². The molecule has 0 nitrogen and oxygen atoms in total. The summed E-state index contributed by atoms with van der Waals surface area (Å²) < 4.78 is 0.583. The summed E-state index contributed by atoms with van der Waals surface area (Å²) in [5, 5.41) is 0. The Kier molecular flexibility index (Phi) is 4.74. The van der Waals surface area contributed by atoms with Crippen LogP contribution >= 0.6 is 21.6 Å². The fraction of sp³-hybridized carbons (Fsp3) is 0.818. The number of hydrogen-bond donors (Lipinski definition) is 0. The lowest BCUT2D eigenvalue weighted by atomic mass is 9.99. The lowest BCUT2D eigenvalue weighted by molar-refractivity contribution is 0.538. The zero-order valence-corrected chi connectivity index (χ0v) is 10.4. The minimum Gasteiger partial charge on any atom is -0.100 e. The minimum absolute atomic E-state index is 0.583. The molecule has 0 radical (unpaired) electrons. The molecule has 0 aromatic rings. The van der Waals surface area contributed by atoms with Crippen molar-refractivity contribution >= 4 is 21.6 Å². The van der Waals surface area contributed by atoms with Crippen molar-refractivity contribution in [2.45, 2.75) is 50.7 Å². The third-order valence-electron chi connectivity index (χ3n) is 2.53. The summed E-state index contributed by atoms with van der Waals surface area (Å²) in [5.74, 6) is 1.35. The molecule has 0 amide bonds. The first-order chi connectivity index (χ1) is 6.12. The molecular weight excluding hydrogens is 196 g/mol. The largest absolute Gasteiger partial charge is 0.100 e. The Bertz CT molecular complexity index is 169. The molecule has 1 heterocycles.